The molecule has 0 radical (unpaired) electrons. The van der Waals surface area contributed by atoms with Crippen molar-refractivity contribution in [2.45, 2.75) is 20.1 Å². The van der Waals surface area contributed by atoms with Crippen LogP contribution in [-0.4, -0.2) is 33.6 Å². The summed E-state index contributed by atoms with van der Waals surface area (Å²) < 4.78 is 11.2. The molecule has 3 rings (SSSR count). The molecule has 1 N–H and O–H groups in total. The summed E-state index contributed by atoms with van der Waals surface area (Å²) in [6.45, 7) is 3.99. The van der Waals surface area contributed by atoms with E-state index < -0.39 is 33.4 Å². The molecule has 0 bridgehead atoms. The van der Waals surface area contributed by atoms with Gasteiger partial charge in [0.25, 0.3) is 11.6 Å². The standard InChI is InChI=1S/C19H18N4O7/c1-3-29-15-7-4-13(5-8-15)18-11-19(24)21(12(2)30-18)20-16-9-6-14(22(25)26)10-17(16)23(27)28/h4-12,20H,3H2,1-2H3. The lowest BCUT2D eigenvalue weighted by atomic mass is 10.1. The van der Waals surface area contributed by atoms with Crippen LogP contribution in [0.5, 0.6) is 5.75 Å². The average Bonchev–Trinajstić information content (AvgIpc) is 2.71. The van der Waals surface area contributed by atoms with Gasteiger partial charge in [-0.15, -0.1) is 0 Å². The summed E-state index contributed by atoms with van der Waals surface area (Å²) in [4.78, 5) is 33.3. The van der Waals surface area contributed by atoms with E-state index in [1.54, 1.807) is 31.2 Å². The van der Waals surface area contributed by atoms with Gasteiger partial charge >= 0.3 is 5.69 Å². The fourth-order valence-corrected chi connectivity index (χ4v) is 2.82. The fourth-order valence-electron chi connectivity index (χ4n) is 2.82. The van der Waals surface area contributed by atoms with E-state index in [0.717, 1.165) is 17.1 Å². The number of nitro benzene ring substituents is 2. The molecule has 1 atom stereocenters. The van der Waals surface area contributed by atoms with Crippen molar-refractivity contribution >= 4 is 28.7 Å². The highest BCUT2D eigenvalue weighted by atomic mass is 16.6. The molecule has 0 aromatic heterocycles. The van der Waals surface area contributed by atoms with Crippen molar-refractivity contribution in [2.75, 3.05) is 12.0 Å². The topological polar surface area (TPSA) is 137 Å². The van der Waals surface area contributed by atoms with Crippen LogP contribution in [0.25, 0.3) is 5.76 Å². The van der Waals surface area contributed by atoms with Crippen molar-refractivity contribution < 1.29 is 24.1 Å². The molecule has 30 heavy (non-hydrogen) atoms. The Balaban J connectivity index is 1.83. The van der Waals surface area contributed by atoms with Gasteiger partial charge in [0.1, 0.15) is 17.2 Å². The molecule has 1 heterocycles. The summed E-state index contributed by atoms with van der Waals surface area (Å²) in [6.07, 6.45) is 0.443. The van der Waals surface area contributed by atoms with Gasteiger partial charge in [-0.25, -0.2) is 5.01 Å². The molecule has 11 heteroatoms. The zero-order valence-electron chi connectivity index (χ0n) is 16.1. The lowest BCUT2D eigenvalue weighted by Gasteiger charge is -2.33. The molecule has 1 aliphatic heterocycles. The van der Waals surface area contributed by atoms with Gasteiger partial charge in [0, 0.05) is 17.7 Å². The van der Waals surface area contributed by atoms with Crippen molar-refractivity contribution in [1.82, 2.24) is 5.01 Å². The van der Waals surface area contributed by atoms with Gasteiger partial charge in [-0.3, -0.25) is 30.4 Å². The molecule has 2 aromatic carbocycles. The number of hydrogen-bond donors (Lipinski definition) is 1. The van der Waals surface area contributed by atoms with Crippen LogP contribution in [0.1, 0.15) is 19.4 Å². The molecule has 1 amide bonds. The number of nitrogens with one attached hydrogen (secondary N) is 1. The highest BCUT2D eigenvalue weighted by Crippen LogP contribution is 2.31. The minimum absolute atomic E-state index is 0.0766. The quantitative estimate of drug-likeness (QED) is 0.537. The van der Waals surface area contributed by atoms with Gasteiger partial charge in [0.05, 0.1) is 22.5 Å². The zero-order valence-corrected chi connectivity index (χ0v) is 16.1. The summed E-state index contributed by atoms with van der Waals surface area (Å²) >= 11 is 0. The first-order valence-electron chi connectivity index (χ1n) is 8.94. The molecule has 0 aliphatic carbocycles. The molecule has 0 spiro atoms. The summed E-state index contributed by atoms with van der Waals surface area (Å²) in [5, 5.41) is 23.2. The highest BCUT2D eigenvalue weighted by molar-refractivity contribution is 5.96. The van der Waals surface area contributed by atoms with E-state index in [-0.39, 0.29) is 5.69 Å². The number of anilines is 1. The predicted octanol–water partition coefficient (Wildman–Crippen LogP) is 3.47. The third kappa shape index (κ3) is 4.29. The minimum Gasteiger partial charge on any atom is -0.494 e. The normalized spacial score (nSPS) is 15.8. The van der Waals surface area contributed by atoms with Crippen LogP contribution in [0.4, 0.5) is 17.1 Å². The second kappa shape index (κ2) is 8.47. The van der Waals surface area contributed by atoms with Crippen LogP contribution in [0.2, 0.25) is 0 Å². The van der Waals surface area contributed by atoms with Gasteiger partial charge in [0.15, 0.2) is 6.23 Å². The lowest BCUT2D eigenvalue weighted by molar-refractivity contribution is -0.393. The molecule has 11 nitrogen and oxygen atoms in total. The number of ether oxygens (including phenoxy) is 2. The van der Waals surface area contributed by atoms with Crippen molar-refractivity contribution in [3.05, 3.63) is 74.3 Å². The van der Waals surface area contributed by atoms with Gasteiger partial charge in [-0.05, 0) is 44.2 Å². The number of hydrazine groups is 1. The number of amides is 1. The number of non-ortho nitro benzene ring substituents is 1. The van der Waals surface area contributed by atoms with Crippen LogP contribution in [0.3, 0.4) is 0 Å². The second-order valence-electron chi connectivity index (χ2n) is 6.22. The zero-order chi connectivity index (χ0) is 21.8. The predicted molar refractivity (Wildman–Crippen MR) is 106 cm³/mol. The maximum absolute atomic E-state index is 12.6. The maximum Gasteiger partial charge on any atom is 0.300 e. The van der Waals surface area contributed by atoms with Crippen LogP contribution >= 0.6 is 0 Å². The molecule has 1 unspecified atom stereocenters. The van der Waals surface area contributed by atoms with E-state index >= 15 is 0 Å². The Hall–Kier alpha value is -4.15. The molecule has 1 aliphatic rings. The van der Waals surface area contributed by atoms with E-state index in [2.05, 4.69) is 5.43 Å². The summed E-state index contributed by atoms with van der Waals surface area (Å²) in [6, 6.07) is 10.1. The Morgan fingerprint density at radius 2 is 1.83 bits per heavy atom. The first-order valence-corrected chi connectivity index (χ1v) is 8.94. The van der Waals surface area contributed by atoms with E-state index in [4.69, 9.17) is 9.47 Å². The highest BCUT2D eigenvalue weighted by Gasteiger charge is 2.30. The van der Waals surface area contributed by atoms with E-state index in [1.165, 1.54) is 12.1 Å². The number of nitro groups is 2. The second-order valence-corrected chi connectivity index (χ2v) is 6.22. The third-order valence-electron chi connectivity index (χ3n) is 4.23. The van der Waals surface area contributed by atoms with Crippen molar-refractivity contribution in [3.8, 4) is 5.75 Å². The van der Waals surface area contributed by atoms with Crippen LogP contribution in [0.15, 0.2) is 48.5 Å². The molecule has 0 saturated heterocycles. The number of nitrogens with zero attached hydrogens (tertiary/aromatic N) is 3. The number of hydrogen-bond acceptors (Lipinski definition) is 8. The Kier molecular flexibility index (Phi) is 5.81. The van der Waals surface area contributed by atoms with Gasteiger partial charge in [0.2, 0.25) is 0 Å². The SMILES string of the molecule is CCOc1ccc(C2=CC(=O)N(Nc3ccc([N+](=O)[O-])cc3[N+](=O)[O-])C(C)O2)cc1. The monoisotopic (exact) mass is 414 g/mol. The smallest absolute Gasteiger partial charge is 0.300 e. The first-order chi connectivity index (χ1) is 14.3. The van der Waals surface area contributed by atoms with E-state index in [9.17, 15) is 25.0 Å². The van der Waals surface area contributed by atoms with Crippen LogP contribution in [0, 0.1) is 20.2 Å². The largest absolute Gasteiger partial charge is 0.494 e. The molecule has 2 aromatic rings. The molecular formula is C19H18N4O7. The molecule has 156 valence electrons. The first kappa shape index (κ1) is 20.6. The Morgan fingerprint density at radius 3 is 2.40 bits per heavy atom. The summed E-state index contributed by atoms with van der Waals surface area (Å²) in [7, 11) is 0. The van der Waals surface area contributed by atoms with Crippen molar-refractivity contribution in [2.24, 2.45) is 0 Å². The Labute approximate surface area is 170 Å². The van der Waals surface area contributed by atoms with Crippen molar-refractivity contribution in [1.29, 1.82) is 0 Å². The Morgan fingerprint density at radius 1 is 1.13 bits per heavy atom. The van der Waals surface area contributed by atoms with Gasteiger partial charge in [-0.2, -0.15) is 0 Å². The van der Waals surface area contributed by atoms with E-state index in [1.807, 2.05) is 6.92 Å². The maximum atomic E-state index is 12.6. The van der Waals surface area contributed by atoms with Gasteiger partial charge < -0.3 is 9.47 Å². The summed E-state index contributed by atoms with van der Waals surface area (Å²) in [5.74, 6) is 0.530. The fraction of sp³-hybridized carbons (Fsp3) is 0.211. The molecular weight excluding hydrogens is 396 g/mol. The van der Waals surface area contributed by atoms with Crippen LogP contribution < -0.4 is 10.2 Å². The van der Waals surface area contributed by atoms with Crippen molar-refractivity contribution in [3.63, 3.8) is 0 Å². The average molecular weight is 414 g/mol. The number of carbonyl (C=O) groups excluding carboxylic acids is 1. The lowest BCUT2D eigenvalue weighted by Crippen LogP contribution is -2.46. The molecule has 0 fully saturated rings. The Bertz CT molecular complexity index is 1020. The summed E-state index contributed by atoms with van der Waals surface area (Å²) in [5.41, 5.74) is 2.25. The third-order valence-corrected chi connectivity index (χ3v) is 4.23. The number of benzene rings is 2. The molecule has 0 saturated carbocycles. The van der Waals surface area contributed by atoms with Crippen LogP contribution in [-0.2, 0) is 9.53 Å². The van der Waals surface area contributed by atoms with E-state index in [0.29, 0.717) is 23.7 Å². The number of carbonyl (C=O) groups is 1. The van der Waals surface area contributed by atoms with Gasteiger partial charge in [-0.1, -0.05) is 0 Å². The minimum atomic E-state index is -0.807. The number of rotatable bonds is 7.